The van der Waals surface area contributed by atoms with Crippen LogP contribution in [-0.2, 0) is 11.3 Å². The minimum atomic E-state index is 0.510. The molecule has 1 N–H and O–H groups in total. The van der Waals surface area contributed by atoms with Crippen molar-refractivity contribution in [2.75, 3.05) is 19.8 Å². The summed E-state index contributed by atoms with van der Waals surface area (Å²) in [5.41, 5.74) is 1.28. The average Bonchev–Trinajstić information content (AvgIpc) is 2.94. The monoisotopic (exact) mass is 254 g/mol. The van der Waals surface area contributed by atoms with Gasteiger partial charge in [0.15, 0.2) is 0 Å². The predicted octanol–water partition coefficient (Wildman–Crippen LogP) is 2.88. The third kappa shape index (κ3) is 3.06. The number of hydrogen-bond acceptors (Lipinski definition) is 4. The standard InChI is InChI=1S/C13H22N2OS/c1-4-14-7-11-12(9(2)3)15-13(17-11)10-5-6-16-8-10/h9-10,14H,4-8H2,1-3H3. The van der Waals surface area contributed by atoms with E-state index in [2.05, 4.69) is 26.1 Å². The number of aromatic nitrogens is 1. The fraction of sp³-hybridized carbons (Fsp3) is 0.769. The molecule has 1 atom stereocenters. The van der Waals surface area contributed by atoms with Crippen molar-refractivity contribution >= 4 is 11.3 Å². The number of rotatable bonds is 5. The van der Waals surface area contributed by atoms with Gasteiger partial charge in [0, 0.05) is 23.9 Å². The Morgan fingerprint density at radius 1 is 1.53 bits per heavy atom. The van der Waals surface area contributed by atoms with Crippen molar-refractivity contribution in [3.05, 3.63) is 15.6 Å². The Morgan fingerprint density at radius 3 is 2.94 bits per heavy atom. The molecule has 1 aromatic heterocycles. The number of hydrogen-bond donors (Lipinski definition) is 1. The van der Waals surface area contributed by atoms with E-state index in [4.69, 9.17) is 9.72 Å². The topological polar surface area (TPSA) is 34.1 Å². The summed E-state index contributed by atoms with van der Waals surface area (Å²) in [5.74, 6) is 1.05. The Morgan fingerprint density at radius 2 is 2.35 bits per heavy atom. The van der Waals surface area contributed by atoms with E-state index in [1.165, 1.54) is 15.6 Å². The minimum absolute atomic E-state index is 0.510. The zero-order valence-corrected chi connectivity index (χ0v) is 11.8. The summed E-state index contributed by atoms with van der Waals surface area (Å²) >= 11 is 1.87. The van der Waals surface area contributed by atoms with Crippen LogP contribution >= 0.6 is 11.3 Å². The van der Waals surface area contributed by atoms with Crippen molar-refractivity contribution in [1.29, 1.82) is 0 Å². The highest BCUT2D eigenvalue weighted by Gasteiger charge is 2.23. The summed E-state index contributed by atoms with van der Waals surface area (Å²) in [6.45, 7) is 10.3. The molecule has 1 unspecified atom stereocenters. The zero-order valence-electron chi connectivity index (χ0n) is 11.0. The molecule has 1 aliphatic heterocycles. The van der Waals surface area contributed by atoms with E-state index in [9.17, 15) is 0 Å². The summed E-state index contributed by atoms with van der Waals surface area (Å²) in [6.07, 6.45) is 1.13. The average molecular weight is 254 g/mol. The molecule has 3 nitrogen and oxygen atoms in total. The van der Waals surface area contributed by atoms with Gasteiger partial charge in [-0.05, 0) is 18.9 Å². The molecular weight excluding hydrogens is 232 g/mol. The van der Waals surface area contributed by atoms with Crippen LogP contribution < -0.4 is 5.32 Å². The molecule has 4 heteroatoms. The van der Waals surface area contributed by atoms with Crippen LogP contribution in [0.3, 0.4) is 0 Å². The fourth-order valence-electron chi connectivity index (χ4n) is 2.10. The van der Waals surface area contributed by atoms with E-state index in [1.54, 1.807) is 0 Å². The first kappa shape index (κ1) is 13.0. The lowest BCUT2D eigenvalue weighted by Gasteiger charge is -2.05. The maximum absolute atomic E-state index is 5.45. The highest BCUT2D eigenvalue weighted by Crippen LogP contribution is 2.33. The molecule has 0 saturated carbocycles. The van der Waals surface area contributed by atoms with Crippen molar-refractivity contribution in [1.82, 2.24) is 10.3 Å². The van der Waals surface area contributed by atoms with Gasteiger partial charge in [-0.15, -0.1) is 11.3 Å². The molecule has 0 aliphatic carbocycles. The Bertz CT molecular complexity index is 356. The second-order valence-corrected chi connectivity index (χ2v) is 5.97. The summed E-state index contributed by atoms with van der Waals surface area (Å²) in [6, 6.07) is 0. The number of nitrogens with one attached hydrogen (secondary N) is 1. The molecule has 0 amide bonds. The van der Waals surface area contributed by atoms with Crippen LogP contribution in [-0.4, -0.2) is 24.7 Å². The van der Waals surface area contributed by atoms with Gasteiger partial charge < -0.3 is 10.1 Å². The maximum atomic E-state index is 5.45. The molecular formula is C13H22N2OS. The van der Waals surface area contributed by atoms with Gasteiger partial charge in [0.1, 0.15) is 0 Å². The van der Waals surface area contributed by atoms with Crippen LogP contribution in [0.4, 0.5) is 0 Å². The van der Waals surface area contributed by atoms with E-state index < -0.39 is 0 Å². The van der Waals surface area contributed by atoms with Gasteiger partial charge >= 0.3 is 0 Å². The van der Waals surface area contributed by atoms with Crippen LogP contribution in [0, 0.1) is 0 Å². The van der Waals surface area contributed by atoms with Crippen LogP contribution in [0.25, 0.3) is 0 Å². The largest absolute Gasteiger partial charge is 0.381 e. The second kappa shape index (κ2) is 5.94. The van der Waals surface area contributed by atoms with Gasteiger partial charge in [-0.1, -0.05) is 20.8 Å². The molecule has 96 valence electrons. The normalized spacial score (nSPS) is 20.4. The molecule has 1 aliphatic rings. The van der Waals surface area contributed by atoms with E-state index in [0.29, 0.717) is 11.8 Å². The molecule has 2 rings (SSSR count). The quantitative estimate of drug-likeness (QED) is 0.877. The molecule has 0 radical (unpaired) electrons. The fourth-order valence-corrected chi connectivity index (χ4v) is 3.41. The van der Waals surface area contributed by atoms with Crippen molar-refractivity contribution in [3.8, 4) is 0 Å². The van der Waals surface area contributed by atoms with Crippen molar-refractivity contribution in [3.63, 3.8) is 0 Å². The van der Waals surface area contributed by atoms with E-state index >= 15 is 0 Å². The Labute approximate surface area is 108 Å². The van der Waals surface area contributed by atoms with Crippen LogP contribution in [0.5, 0.6) is 0 Å². The van der Waals surface area contributed by atoms with E-state index in [0.717, 1.165) is 32.7 Å². The minimum Gasteiger partial charge on any atom is -0.381 e. The summed E-state index contributed by atoms with van der Waals surface area (Å²) < 4.78 is 5.45. The lowest BCUT2D eigenvalue weighted by atomic mass is 10.1. The zero-order chi connectivity index (χ0) is 12.3. The molecule has 0 bridgehead atoms. The SMILES string of the molecule is CCNCc1sc(C2CCOC2)nc1C(C)C. The summed E-state index contributed by atoms with van der Waals surface area (Å²) in [5, 5.41) is 4.68. The maximum Gasteiger partial charge on any atom is 0.0986 e. The summed E-state index contributed by atoms with van der Waals surface area (Å²) in [7, 11) is 0. The molecule has 0 spiro atoms. The third-order valence-electron chi connectivity index (χ3n) is 3.11. The lowest BCUT2D eigenvalue weighted by molar-refractivity contribution is 0.194. The predicted molar refractivity (Wildman–Crippen MR) is 71.8 cm³/mol. The van der Waals surface area contributed by atoms with Crippen LogP contribution in [0.1, 0.15) is 54.6 Å². The van der Waals surface area contributed by atoms with Gasteiger partial charge in [-0.25, -0.2) is 4.98 Å². The van der Waals surface area contributed by atoms with Gasteiger partial charge in [0.2, 0.25) is 0 Å². The third-order valence-corrected chi connectivity index (χ3v) is 4.34. The van der Waals surface area contributed by atoms with Gasteiger partial charge in [0.05, 0.1) is 17.3 Å². The first-order valence-electron chi connectivity index (χ1n) is 6.50. The van der Waals surface area contributed by atoms with Crippen LogP contribution in [0.15, 0.2) is 0 Å². The number of ether oxygens (including phenoxy) is 1. The molecule has 0 aromatic carbocycles. The molecule has 17 heavy (non-hydrogen) atoms. The van der Waals surface area contributed by atoms with E-state index in [1.807, 2.05) is 11.3 Å². The van der Waals surface area contributed by atoms with Crippen LogP contribution in [0.2, 0.25) is 0 Å². The van der Waals surface area contributed by atoms with Crippen molar-refractivity contribution in [2.45, 2.75) is 45.6 Å². The Hall–Kier alpha value is -0.450. The van der Waals surface area contributed by atoms with Gasteiger partial charge in [-0.2, -0.15) is 0 Å². The van der Waals surface area contributed by atoms with Gasteiger partial charge in [0.25, 0.3) is 0 Å². The molecule has 1 fully saturated rings. The highest BCUT2D eigenvalue weighted by atomic mass is 32.1. The Balaban J connectivity index is 2.17. The molecule has 1 aromatic rings. The first-order chi connectivity index (χ1) is 8.22. The van der Waals surface area contributed by atoms with Crippen molar-refractivity contribution < 1.29 is 4.74 Å². The van der Waals surface area contributed by atoms with E-state index in [-0.39, 0.29) is 0 Å². The Kier molecular flexibility index (Phi) is 4.54. The number of nitrogens with zero attached hydrogens (tertiary/aromatic N) is 1. The van der Waals surface area contributed by atoms with Crippen molar-refractivity contribution in [2.24, 2.45) is 0 Å². The highest BCUT2D eigenvalue weighted by molar-refractivity contribution is 7.11. The molecule has 1 saturated heterocycles. The first-order valence-corrected chi connectivity index (χ1v) is 7.32. The smallest absolute Gasteiger partial charge is 0.0986 e. The lowest BCUT2D eigenvalue weighted by Crippen LogP contribution is -2.12. The second-order valence-electron chi connectivity index (χ2n) is 4.86. The molecule has 2 heterocycles. The van der Waals surface area contributed by atoms with Gasteiger partial charge in [-0.3, -0.25) is 0 Å². The number of thiazole rings is 1. The summed E-state index contributed by atoms with van der Waals surface area (Å²) in [4.78, 5) is 6.25.